The van der Waals surface area contributed by atoms with Gasteiger partial charge in [0.15, 0.2) is 6.04 Å². The molecule has 144 valence electrons. The molecule has 0 bridgehead atoms. The zero-order valence-corrected chi connectivity index (χ0v) is 18.0. The van der Waals surface area contributed by atoms with Gasteiger partial charge in [-0.25, -0.2) is 0 Å². The van der Waals surface area contributed by atoms with Crippen LogP contribution in [0.25, 0.3) is 10.2 Å². The number of fused-ring (bicyclic) bond motifs is 1. The van der Waals surface area contributed by atoms with Gasteiger partial charge in [0.05, 0.1) is 0 Å². The molecule has 0 N–H and O–H groups in total. The fourth-order valence-electron chi connectivity index (χ4n) is 3.79. The Morgan fingerprint density at radius 1 is 1.30 bits per heavy atom. The number of unbranched alkanes of at least 4 members (excludes halogenated alkanes) is 1. The zero-order chi connectivity index (χ0) is 19.2. The number of likely N-dealkylation sites (N-methyl/N-ethyl adjacent to an activating group) is 1. The van der Waals surface area contributed by atoms with Crippen molar-refractivity contribution in [1.82, 2.24) is 4.90 Å². The maximum Gasteiger partial charge on any atom is 0.226 e. The summed E-state index contributed by atoms with van der Waals surface area (Å²) in [5.41, 5.74) is 5.03. The van der Waals surface area contributed by atoms with Crippen molar-refractivity contribution in [2.45, 2.75) is 51.6 Å². The smallest absolute Gasteiger partial charge is 0.226 e. The Morgan fingerprint density at radius 2 is 2.11 bits per heavy atom. The van der Waals surface area contributed by atoms with Crippen LogP contribution in [0.2, 0.25) is 0 Å². The lowest BCUT2D eigenvalue weighted by Gasteiger charge is -2.22. The van der Waals surface area contributed by atoms with Crippen LogP contribution in [-0.2, 0) is 0 Å². The summed E-state index contributed by atoms with van der Waals surface area (Å²) >= 11 is 1.85. The average molecular weight is 382 g/mol. The first-order valence-electron chi connectivity index (χ1n) is 10.2. The highest BCUT2D eigenvalue weighted by Gasteiger charge is 2.27. The van der Waals surface area contributed by atoms with Crippen molar-refractivity contribution >= 4 is 21.6 Å². The molecule has 0 saturated carbocycles. The molecule has 1 aliphatic rings. The molecule has 0 amide bonds. The molecule has 0 aliphatic heterocycles. The lowest BCUT2D eigenvalue weighted by molar-refractivity contribution is -0.700. The van der Waals surface area contributed by atoms with Gasteiger partial charge in [0.2, 0.25) is 11.0 Å². The largest absolute Gasteiger partial charge is 0.303 e. The Balaban J connectivity index is 1.76. The van der Waals surface area contributed by atoms with E-state index < -0.39 is 0 Å². The summed E-state index contributed by atoms with van der Waals surface area (Å²) in [6, 6.07) is 9.82. The quantitative estimate of drug-likeness (QED) is 0.514. The second kappa shape index (κ2) is 9.48. The summed E-state index contributed by atoms with van der Waals surface area (Å²) in [5, 5.41) is 0. The minimum Gasteiger partial charge on any atom is -0.303 e. The molecular weight excluding hydrogens is 348 g/mol. The molecule has 3 atom stereocenters. The van der Waals surface area contributed by atoms with E-state index in [0.717, 1.165) is 6.42 Å². The van der Waals surface area contributed by atoms with Crippen LogP contribution < -0.4 is 4.57 Å². The van der Waals surface area contributed by atoms with Gasteiger partial charge in [-0.1, -0.05) is 74.1 Å². The van der Waals surface area contributed by atoms with E-state index in [-0.39, 0.29) is 0 Å². The summed E-state index contributed by atoms with van der Waals surface area (Å²) in [4.78, 5) is 2.27. The first-order chi connectivity index (χ1) is 13.1. The number of thiazole rings is 1. The maximum atomic E-state index is 2.51. The van der Waals surface area contributed by atoms with Crippen molar-refractivity contribution in [1.29, 1.82) is 0 Å². The van der Waals surface area contributed by atoms with Crippen molar-refractivity contribution in [2.75, 3.05) is 14.1 Å². The predicted molar refractivity (Wildman–Crippen MR) is 118 cm³/mol. The zero-order valence-electron chi connectivity index (χ0n) is 17.1. The van der Waals surface area contributed by atoms with Gasteiger partial charge in [0, 0.05) is 24.4 Å². The monoisotopic (exact) mass is 381 g/mol. The van der Waals surface area contributed by atoms with Crippen molar-refractivity contribution in [3.05, 3.63) is 65.7 Å². The molecular formula is C24H33N2S+. The van der Waals surface area contributed by atoms with Gasteiger partial charge >= 0.3 is 0 Å². The van der Waals surface area contributed by atoms with E-state index in [4.69, 9.17) is 0 Å². The normalized spacial score (nSPS) is 19.7. The number of hydrogen-bond acceptors (Lipinski definition) is 2. The molecule has 1 aromatic carbocycles. The van der Waals surface area contributed by atoms with Crippen LogP contribution in [0.4, 0.5) is 0 Å². The molecule has 1 heterocycles. The second-order valence-electron chi connectivity index (χ2n) is 7.86. The Kier molecular flexibility index (Phi) is 7.03. The Hall–Kier alpha value is -1.71. The third kappa shape index (κ3) is 4.97. The molecule has 27 heavy (non-hydrogen) atoms. The van der Waals surface area contributed by atoms with Crippen LogP contribution >= 0.6 is 11.3 Å². The van der Waals surface area contributed by atoms with Crippen LogP contribution in [0.15, 0.2) is 65.7 Å². The summed E-state index contributed by atoms with van der Waals surface area (Å²) in [7, 11) is 4.29. The second-order valence-corrected chi connectivity index (χ2v) is 8.74. The molecule has 3 heteroatoms. The van der Waals surface area contributed by atoms with Gasteiger partial charge < -0.3 is 4.90 Å². The van der Waals surface area contributed by atoms with E-state index in [0.29, 0.717) is 18.0 Å². The van der Waals surface area contributed by atoms with Gasteiger partial charge in [0.1, 0.15) is 4.70 Å². The van der Waals surface area contributed by atoms with E-state index in [1.807, 2.05) is 11.3 Å². The summed E-state index contributed by atoms with van der Waals surface area (Å²) in [6.07, 6.45) is 16.5. The van der Waals surface area contributed by atoms with Gasteiger partial charge in [-0.05, 0) is 38.6 Å². The van der Waals surface area contributed by atoms with Crippen LogP contribution in [0.3, 0.4) is 0 Å². The maximum absolute atomic E-state index is 2.51. The molecule has 0 radical (unpaired) electrons. The van der Waals surface area contributed by atoms with Crippen LogP contribution in [-0.4, -0.2) is 25.0 Å². The lowest BCUT2D eigenvalue weighted by atomic mass is 9.94. The highest BCUT2D eigenvalue weighted by atomic mass is 32.1. The summed E-state index contributed by atoms with van der Waals surface area (Å²) in [5.74, 6) is 0.500. The minimum atomic E-state index is 0.500. The Labute approximate surface area is 168 Å². The van der Waals surface area contributed by atoms with Gasteiger partial charge in [0.25, 0.3) is 0 Å². The number of nitrogens with zero attached hydrogens (tertiary/aromatic N) is 2. The molecule has 0 fully saturated rings. The van der Waals surface area contributed by atoms with Crippen molar-refractivity contribution in [3.63, 3.8) is 0 Å². The summed E-state index contributed by atoms with van der Waals surface area (Å²) in [6.45, 7) is 4.65. The topological polar surface area (TPSA) is 7.12 Å². The minimum absolute atomic E-state index is 0.500. The van der Waals surface area contributed by atoms with Crippen molar-refractivity contribution < 1.29 is 4.57 Å². The molecule has 1 aliphatic carbocycles. The predicted octanol–water partition coefficient (Wildman–Crippen LogP) is 5.93. The SMILES string of the molecule is CCCCC(C(C)C=CC1=CCC(N(C)C)C=C1)[n+]1csc2ccccc21. The molecule has 3 rings (SSSR count). The summed E-state index contributed by atoms with van der Waals surface area (Å²) < 4.78 is 3.89. The molecule has 0 saturated heterocycles. The van der Waals surface area contributed by atoms with Crippen molar-refractivity contribution in [3.8, 4) is 0 Å². The van der Waals surface area contributed by atoms with Crippen LogP contribution in [0.1, 0.15) is 45.6 Å². The molecule has 0 spiro atoms. The van der Waals surface area contributed by atoms with Gasteiger partial charge in [-0.3, -0.25) is 0 Å². The number of para-hydroxylation sites is 1. The molecule has 2 aromatic rings. The Bertz CT molecular complexity index is 828. The van der Waals surface area contributed by atoms with E-state index >= 15 is 0 Å². The van der Waals surface area contributed by atoms with Crippen LogP contribution in [0.5, 0.6) is 0 Å². The fraction of sp³-hybridized carbons (Fsp3) is 0.458. The number of hydrogen-bond donors (Lipinski definition) is 0. The standard InChI is InChI=1S/C24H33N2S/c1-5-6-9-22(26-18-27-24-11-8-7-10-23(24)26)19(2)12-13-20-14-16-21(17-15-20)25(3)4/h7-8,10-16,18-19,21-22H,5-6,9,17H2,1-4H3/q+1. The third-order valence-corrected chi connectivity index (χ3v) is 6.55. The number of rotatable bonds is 8. The van der Waals surface area contributed by atoms with Crippen molar-refractivity contribution in [2.24, 2.45) is 5.92 Å². The number of aromatic nitrogens is 1. The fourth-order valence-corrected chi connectivity index (χ4v) is 4.74. The first kappa shape index (κ1) is 20.0. The highest BCUT2D eigenvalue weighted by Crippen LogP contribution is 2.26. The van der Waals surface area contributed by atoms with E-state index in [1.54, 1.807) is 0 Å². The number of allylic oxidation sites excluding steroid dienone is 4. The number of benzene rings is 1. The van der Waals surface area contributed by atoms with E-state index in [2.05, 4.69) is 97.6 Å². The molecule has 1 aromatic heterocycles. The van der Waals surface area contributed by atoms with E-state index in [9.17, 15) is 0 Å². The van der Waals surface area contributed by atoms with Crippen LogP contribution in [0, 0.1) is 5.92 Å². The van der Waals surface area contributed by atoms with Gasteiger partial charge in [-0.15, -0.1) is 0 Å². The van der Waals surface area contributed by atoms with Gasteiger partial charge in [-0.2, -0.15) is 4.57 Å². The third-order valence-electron chi connectivity index (χ3n) is 5.62. The molecule has 2 nitrogen and oxygen atoms in total. The highest BCUT2D eigenvalue weighted by molar-refractivity contribution is 7.16. The lowest BCUT2D eigenvalue weighted by Crippen LogP contribution is -2.41. The average Bonchev–Trinajstić information content (AvgIpc) is 3.11. The van der Waals surface area contributed by atoms with E-state index in [1.165, 1.54) is 35.1 Å². The first-order valence-corrected chi connectivity index (χ1v) is 11.1. The Morgan fingerprint density at radius 3 is 2.81 bits per heavy atom. The molecule has 3 unspecified atom stereocenters.